The van der Waals surface area contributed by atoms with Gasteiger partial charge in [-0.2, -0.15) is 0 Å². The Balaban J connectivity index is 2.16. The van der Waals surface area contributed by atoms with Crippen LogP contribution in [-0.4, -0.2) is 30.7 Å². The van der Waals surface area contributed by atoms with Crippen molar-refractivity contribution in [2.24, 2.45) is 5.73 Å². The number of benzene rings is 1. The lowest BCUT2D eigenvalue weighted by Crippen LogP contribution is -2.23. The Morgan fingerprint density at radius 1 is 1.50 bits per heavy atom. The Kier molecular flexibility index (Phi) is 3.80. The molecule has 1 amide bonds. The molecule has 0 aliphatic carbocycles. The number of amides is 1. The minimum absolute atomic E-state index is 0.183. The van der Waals surface area contributed by atoms with E-state index in [4.69, 9.17) is 10.5 Å². The lowest BCUT2D eigenvalue weighted by Gasteiger charge is -2.12. The van der Waals surface area contributed by atoms with Gasteiger partial charge in [0.15, 0.2) is 0 Å². The third kappa shape index (κ3) is 2.79. The third-order valence-corrected chi connectivity index (χ3v) is 2.57. The van der Waals surface area contributed by atoms with E-state index in [9.17, 15) is 9.18 Å². The number of nitrogens with zero attached hydrogens (tertiary/aromatic N) is 1. The molecule has 1 aliphatic rings. The fraction of sp³-hybridized carbons (Fsp3) is 0.308. The summed E-state index contributed by atoms with van der Waals surface area (Å²) in [5.41, 5.74) is 6.36. The van der Waals surface area contributed by atoms with Crippen LogP contribution in [0.25, 0.3) is 0 Å². The van der Waals surface area contributed by atoms with E-state index in [2.05, 4.69) is 11.8 Å². The SMILES string of the molecule is NCC#Cc1cc(CN2CCOC2=O)ccc1F. The highest BCUT2D eigenvalue weighted by Crippen LogP contribution is 2.14. The minimum atomic E-state index is -0.385. The molecule has 0 atom stereocenters. The summed E-state index contributed by atoms with van der Waals surface area (Å²) in [6.45, 7) is 1.54. The number of nitrogens with two attached hydrogens (primary N) is 1. The lowest BCUT2D eigenvalue weighted by molar-refractivity contribution is 0.157. The van der Waals surface area contributed by atoms with Crippen molar-refractivity contribution in [2.45, 2.75) is 6.54 Å². The summed E-state index contributed by atoms with van der Waals surface area (Å²) in [5, 5.41) is 0. The topological polar surface area (TPSA) is 55.6 Å². The molecule has 0 bridgehead atoms. The van der Waals surface area contributed by atoms with Crippen LogP contribution >= 0.6 is 0 Å². The zero-order chi connectivity index (χ0) is 13.0. The minimum Gasteiger partial charge on any atom is -0.448 e. The molecule has 1 fully saturated rings. The van der Waals surface area contributed by atoms with Crippen LogP contribution < -0.4 is 5.73 Å². The molecule has 1 heterocycles. The normalized spacial score (nSPS) is 14.1. The second-order valence-corrected chi connectivity index (χ2v) is 3.86. The molecule has 0 radical (unpaired) electrons. The highest BCUT2D eigenvalue weighted by Gasteiger charge is 2.21. The van der Waals surface area contributed by atoms with Crippen molar-refractivity contribution in [1.29, 1.82) is 0 Å². The maximum atomic E-state index is 13.4. The Hall–Kier alpha value is -2.06. The molecule has 1 aromatic rings. The number of carbonyl (C=O) groups is 1. The van der Waals surface area contributed by atoms with Crippen molar-refractivity contribution in [3.8, 4) is 11.8 Å². The van der Waals surface area contributed by atoms with Gasteiger partial charge >= 0.3 is 6.09 Å². The molecule has 18 heavy (non-hydrogen) atoms. The summed E-state index contributed by atoms with van der Waals surface area (Å²) < 4.78 is 18.3. The van der Waals surface area contributed by atoms with Crippen LogP contribution in [0.3, 0.4) is 0 Å². The number of ether oxygens (including phenoxy) is 1. The van der Waals surface area contributed by atoms with E-state index in [-0.39, 0.29) is 18.5 Å². The smallest absolute Gasteiger partial charge is 0.410 e. The van der Waals surface area contributed by atoms with E-state index < -0.39 is 0 Å². The van der Waals surface area contributed by atoms with Gasteiger partial charge in [0.1, 0.15) is 12.4 Å². The van der Waals surface area contributed by atoms with E-state index in [1.807, 2.05) is 0 Å². The zero-order valence-electron chi connectivity index (χ0n) is 9.78. The van der Waals surface area contributed by atoms with Crippen LogP contribution in [0.4, 0.5) is 9.18 Å². The van der Waals surface area contributed by atoms with E-state index in [0.717, 1.165) is 5.56 Å². The van der Waals surface area contributed by atoms with Crippen molar-refractivity contribution in [2.75, 3.05) is 19.7 Å². The predicted octanol–water partition coefficient (Wildman–Crippen LogP) is 1.09. The summed E-state index contributed by atoms with van der Waals surface area (Å²) in [7, 11) is 0. The maximum absolute atomic E-state index is 13.4. The van der Waals surface area contributed by atoms with Crippen molar-refractivity contribution in [3.05, 3.63) is 35.1 Å². The van der Waals surface area contributed by atoms with E-state index in [0.29, 0.717) is 25.3 Å². The van der Waals surface area contributed by atoms with Gasteiger partial charge in [-0.25, -0.2) is 9.18 Å². The van der Waals surface area contributed by atoms with E-state index in [1.54, 1.807) is 17.0 Å². The molecule has 0 saturated carbocycles. The first-order chi connectivity index (χ1) is 8.70. The van der Waals surface area contributed by atoms with Crippen LogP contribution in [0, 0.1) is 17.7 Å². The second kappa shape index (κ2) is 5.52. The highest BCUT2D eigenvalue weighted by atomic mass is 19.1. The predicted molar refractivity (Wildman–Crippen MR) is 64.1 cm³/mol. The molecule has 4 nitrogen and oxygen atoms in total. The zero-order valence-corrected chi connectivity index (χ0v) is 9.78. The molecular weight excluding hydrogens is 235 g/mol. The van der Waals surface area contributed by atoms with E-state index in [1.165, 1.54) is 6.07 Å². The number of cyclic esters (lactones) is 1. The molecule has 5 heteroatoms. The Morgan fingerprint density at radius 3 is 3.00 bits per heavy atom. The summed E-state index contributed by atoms with van der Waals surface area (Å²) in [4.78, 5) is 12.9. The van der Waals surface area contributed by atoms with Gasteiger partial charge in [0.25, 0.3) is 0 Å². The lowest BCUT2D eigenvalue weighted by atomic mass is 10.1. The Morgan fingerprint density at radius 2 is 2.33 bits per heavy atom. The van der Waals surface area contributed by atoms with Gasteiger partial charge in [0, 0.05) is 6.54 Å². The molecule has 1 aliphatic heterocycles. The van der Waals surface area contributed by atoms with Gasteiger partial charge in [-0.3, -0.25) is 0 Å². The molecule has 0 unspecified atom stereocenters. The van der Waals surface area contributed by atoms with Crippen LogP contribution in [0.2, 0.25) is 0 Å². The summed E-state index contributed by atoms with van der Waals surface area (Å²) in [6, 6.07) is 4.61. The van der Waals surface area contributed by atoms with Crippen molar-refractivity contribution >= 4 is 6.09 Å². The first-order valence-corrected chi connectivity index (χ1v) is 5.60. The van der Waals surface area contributed by atoms with E-state index >= 15 is 0 Å². The number of halogens is 1. The van der Waals surface area contributed by atoms with Gasteiger partial charge in [0.2, 0.25) is 0 Å². The fourth-order valence-electron chi connectivity index (χ4n) is 1.70. The molecule has 1 aromatic carbocycles. The van der Waals surface area contributed by atoms with Crippen molar-refractivity contribution < 1.29 is 13.9 Å². The molecule has 1 saturated heterocycles. The number of rotatable bonds is 2. The van der Waals surface area contributed by atoms with Crippen LogP contribution in [-0.2, 0) is 11.3 Å². The van der Waals surface area contributed by atoms with Crippen LogP contribution in [0.1, 0.15) is 11.1 Å². The third-order valence-electron chi connectivity index (χ3n) is 2.57. The molecular formula is C13H13FN2O2. The van der Waals surface area contributed by atoms with Crippen LogP contribution in [0.15, 0.2) is 18.2 Å². The number of carbonyl (C=O) groups excluding carboxylic acids is 1. The summed E-state index contributed by atoms with van der Waals surface area (Å²) >= 11 is 0. The summed E-state index contributed by atoms with van der Waals surface area (Å²) in [6.07, 6.45) is -0.339. The first kappa shape index (κ1) is 12.4. The van der Waals surface area contributed by atoms with Crippen molar-refractivity contribution in [1.82, 2.24) is 4.90 Å². The van der Waals surface area contributed by atoms with Crippen LogP contribution in [0.5, 0.6) is 0 Å². The molecule has 0 spiro atoms. The quantitative estimate of drug-likeness (QED) is 0.797. The Bertz CT molecular complexity index is 519. The molecule has 2 N–H and O–H groups in total. The van der Waals surface area contributed by atoms with Gasteiger partial charge in [-0.05, 0) is 17.7 Å². The maximum Gasteiger partial charge on any atom is 0.410 e. The summed E-state index contributed by atoms with van der Waals surface area (Å²) in [5.74, 6) is 4.89. The largest absolute Gasteiger partial charge is 0.448 e. The van der Waals surface area contributed by atoms with Gasteiger partial charge < -0.3 is 15.4 Å². The number of hydrogen-bond acceptors (Lipinski definition) is 3. The average Bonchev–Trinajstić information content (AvgIpc) is 2.76. The molecule has 94 valence electrons. The average molecular weight is 248 g/mol. The number of hydrogen-bond donors (Lipinski definition) is 1. The monoisotopic (exact) mass is 248 g/mol. The Labute approximate surface area is 105 Å². The standard InChI is InChI=1S/C13H13FN2O2/c14-12-4-3-10(8-11(12)2-1-5-15)9-16-6-7-18-13(16)17/h3-4,8H,5-7,9,15H2. The molecule has 0 aromatic heterocycles. The van der Waals surface area contributed by atoms with Gasteiger partial charge in [0.05, 0.1) is 18.7 Å². The second-order valence-electron chi connectivity index (χ2n) is 3.86. The fourth-order valence-corrected chi connectivity index (χ4v) is 1.70. The van der Waals surface area contributed by atoms with Gasteiger partial charge in [-0.1, -0.05) is 17.9 Å². The first-order valence-electron chi connectivity index (χ1n) is 5.60. The molecule has 2 rings (SSSR count). The van der Waals surface area contributed by atoms with Gasteiger partial charge in [-0.15, -0.1) is 0 Å². The highest BCUT2D eigenvalue weighted by molar-refractivity contribution is 5.69. The van der Waals surface area contributed by atoms with Crippen molar-refractivity contribution in [3.63, 3.8) is 0 Å².